The Morgan fingerprint density at radius 1 is 1.25 bits per heavy atom. The number of carboxylic acid groups (broad SMARTS) is 1. The van der Waals surface area contributed by atoms with Crippen LogP contribution in [0.15, 0.2) is 30.3 Å². The molecule has 0 saturated heterocycles. The molecule has 1 aromatic carbocycles. The van der Waals surface area contributed by atoms with Gasteiger partial charge in [-0.25, -0.2) is 4.79 Å². The maximum absolute atomic E-state index is 10.8. The van der Waals surface area contributed by atoms with E-state index in [9.17, 15) is 19.8 Å². The van der Waals surface area contributed by atoms with Crippen LogP contribution in [0.5, 0.6) is 0 Å². The maximum atomic E-state index is 10.8. The summed E-state index contributed by atoms with van der Waals surface area (Å²) < 4.78 is 0. The predicted molar refractivity (Wildman–Crippen MR) is 77.2 cm³/mol. The molecule has 0 heterocycles. The predicted octanol–water partition coefficient (Wildman–Crippen LogP) is 1.46. The van der Waals surface area contributed by atoms with Crippen LogP contribution in [-0.4, -0.2) is 38.3 Å². The van der Waals surface area contributed by atoms with Crippen molar-refractivity contribution in [2.24, 2.45) is 0 Å². The highest BCUT2D eigenvalue weighted by atomic mass is 32.2. The summed E-state index contributed by atoms with van der Waals surface area (Å²) in [5, 5.41) is 28.1. The molecule has 0 amide bonds. The van der Waals surface area contributed by atoms with Crippen molar-refractivity contribution in [2.45, 2.75) is 19.1 Å². The molecule has 0 bridgehead atoms. The van der Waals surface area contributed by atoms with Gasteiger partial charge in [0.1, 0.15) is 6.10 Å². The molecular weight excluding hydrogens is 280 g/mol. The van der Waals surface area contributed by atoms with Crippen LogP contribution in [0.3, 0.4) is 0 Å². The highest BCUT2D eigenvalue weighted by molar-refractivity contribution is 8.13. The number of thioether (sulfide) groups is 1. The van der Waals surface area contributed by atoms with E-state index in [4.69, 9.17) is 5.11 Å². The molecule has 0 fully saturated rings. The lowest BCUT2D eigenvalue weighted by Crippen LogP contribution is -2.21. The van der Waals surface area contributed by atoms with Crippen molar-refractivity contribution >= 4 is 28.9 Å². The summed E-state index contributed by atoms with van der Waals surface area (Å²) in [6, 6.07) is 6.49. The van der Waals surface area contributed by atoms with Crippen molar-refractivity contribution in [3.63, 3.8) is 0 Å². The van der Waals surface area contributed by atoms with E-state index in [0.717, 1.165) is 17.8 Å². The third-order valence-electron chi connectivity index (χ3n) is 2.52. The Balaban J connectivity index is 2.67. The molecule has 0 saturated carbocycles. The first-order valence-electron chi connectivity index (χ1n) is 5.90. The first kappa shape index (κ1) is 16.4. The monoisotopic (exact) mass is 296 g/mol. The number of rotatable bonds is 6. The van der Waals surface area contributed by atoms with Gasteiger partial charge in [-0.3, -0.25) is 4.79 Å². The van der Waals surface area contributed by atoms with Gasteiger partial charge in [-0.1, -0.05) is 36.0 Å². The fourth-order valence-corrected chi connectivity index (χ4v) is 2.08. The summed E-state index contributed by atoms with van der Waals surface area (Å²) in [6.07, 6.45) is 0.327. The van der Waals surface area contributed by atoms with E-state index in [-0.39, 0.29) is 10.9 Å². The van der Waals surface area contributed by atoms with Gasteiger partial charge in [0.05, 0.1) is 6.10 Å². The highest BCUT2D eigenvalue weighted by Crippen LogP contribution is 2.20. The van der Waals surface area contributed by atoms with E-state index < -0.39 is 18.2 Å². The van der Waals surface area contributed by atoms with E-state index in [1.54, 1.807) is 24.3 Å². The lowest BCUT2D eigenvalue weighted by atomic mass is 10.0. The van der Waals surface area contributed by atoms with Crippen LogP contribution in [0.25, 0.3) is 6.08 Å². The van der Waals surface area contributed by atoms with Gasteiger partial charge in [-0.15, -0.1) is 0 Å². The van der Waals surface area contributed by atoms with E-state index in [1.165, 1.54) is 13.0 Å². The average Bonchev–Trinajstić information content (AvgIpc) is 2.42. The van der Waals surface area contributed by atoms with Crippen molar-refractivity contribution in [1.29, 1.82) is 0 Å². The fraction of sp³-hybridized carbons (Fsp3) is 0.286. The van der Waals surface area contributed by atoms with Crippen LogP contribution in [0.4, 0.5) is 0 Å². The van der Waals surface area contributed by atoms with Crippen LogP contribution < -0.4 is 0 Å². The second kappa shape index (κ2) is 7.84. The van der Waals surface area contributed by atoms with Crippen LogP contribution in [-0.2, 0) is 9.59 Å². The Hall–Kier alpha value is -1.63. The molecule has 0 spiro atoms. The molecule has 5 nitrogen and oxygen atoms in total. The number of carboxylic acids is 1. The van der Waals surface area contributed by atoms with Gasteiger partial charge in [-0.05, 0) is 17.2 Å². The minimum Gasteiger partial charge on any atom is -0.478 e. The van der Waals surface area contributed by atoms with Gasteiger partial charge >= 0.3 is 5.97 Å². The molecular formula is C14H16O5S. The third kappa shape index (κ3) is 5.56. The topological polar surface area (TPSA) is 94.8 Å². The molecule has 6 heteroatoms. The smallest absolute Gasteiger partial charge is 0.328 e. The number of hydrogen-bond donors (Lipinski definition) is 3. The lowest BCUT2D eigenvalue weighted by Gasteiger charge is -2.17. The summed E-state index contributed by atoms with van der Waals surface area (Å²) in [5.74, 6) is -0.914. The van der Waals surface area contributed by atoms with E-state index in [1.807, 2.05) is 0 Å². The SMILES string of the molecule is CC(=O)SCC(O)C(O)c1ccc(/C=C/C(=O)O)cc1. The number of benzene rings is 1. The van der Waals surface area contributed by atoms with Crippen molar-refractivity contribution in [3.05, 3.63) is 41.5 Å². The Bertz CT molecular complexity index is 495. The Kier molecular flexibility index (Phi) is 6.44. The zero-order valence-electron chi connectivity index (χ0n) is 10.9. The third-order valence-corrected chi connectivity index (χ3v) is 3.43. The summed E-state index contributed by atoms with van der Waals surface area (Å²) in [6.45, 7) is 1.40. The van der Waals surface area contributed by atoms with E-state index >= 15 is 0 Å². The van der Waals surface area contributed by atoms with E-state index in [0.29, 0.717) is 11.1 Å². The Morgan fingerprint density at radius 2 is 1.85 bits per heavy atom. The summed E-state index contributed by atoms with van der Waals surface area (Å²) in [7, 11) is 0. The summed E-state index contributed by atoms with van der Waals surface area (Å²) in [4.78, 5) is 21.2. The molecule has 2 unspecified atom stereocenters. The van der Waals surface area contributed by atoms with Crippen LogP contribution in [0.2, 0.25) is 0 Å². The van der Waals surface area contributed by atoms with Gasteiger partial charge < -0.3 is 15.3 Å². The van der Waals surface area contributed by atoms with E-state index in [2.05, 4.69) is 0 Å². The maximum Gasteiger partial charge on any atom is 0.328 e. The van der Waals surface area contributed by atoms with Gasteiger partial charge in [0.2, 0.25) is 0 Å². The van der Waals surface area contributed by atoms with Gasteiger partial charge in [0.25, 0.3) is 0 Å². The normalized spacial score (nSPS) is 14.2. The molecule has 2 atom stereocenters. The summed E-state index contributed by atoms with van der Waals surface area (Å²) >= 11 is 0.952. The van der Waals surface area contributed by atoms with Crippen molar-refractivity contribution in [3.8, 4) is 0 Å². The van der Waals surface area contributed by atoms with Crippen molar-refractivity contribution in [2.75, 3.05) is 5.75 Å². The number of carbonyl (C=O) groups excluding carboxylic acids is 1. The molecule has 20 heavy (non-hydrogen) atoms. The Labute approximate surface area is 120 Å². The fourth-order valence-electron chi connectivity index (χ4n) is 1.49. The molecule has 0 aliphatic rings. The molecule has 108 valence electrons. The first-order chi connectivity index (χ1) is 9.40. The minimum atomic E-state index is -1.08. The minimum absolute atomic E-state index is 0.120. The van der Waals surface area contributed by atoms with Gasteiger partial charge in [0.15, 0.2) is 5.12 Å². The number of aliphatic hydroxyl groups excluding tert-OH is 2. The molecule has 0 aliphatic carbocycles. The molecule has 0 aromatic heterocycles. The van der Waals surface area contributed by atoms with Gasteiger partial charge in [0, 0.05) is 18.8 Å². The molecule has 1 rings (SSSR count). The standard InChI is InChI=1S/C14H16O5S/c1-9(15)20-8-12(16)14(19)11-5-2-10(3-6-11)4-7-13(17)18/h2-7,12,14,16,19H,8H2,1H3,(H,17,18)/b7-4+. The first-order valence-corrected chi connectivity index (χ1v) is 6.89. The zero-order chi connectivity index (χ0) is 15.1. The van der Waals surface area contributed by atoms with Crippen LogP contribution in [0.1, 0.15) is 24.2 Å². The molecule has 1 aromatic rings. The lowest BCUT2D eigenvalue weighted by molar-refractivity contribution is -0.131. The number of hydrogen-bond acceptors (Lipinski definition) is 5. The number of aliphatic carboxylic acids is 1. The second-order valence-corrected chi connectivity index (χ2v) is 5.35. The number of carbonyl (C=O) groups is 2. The molecule has 0 radical (unpaired) electrons. The van der Waals surface area contributed by atoms with Crippen molar-refractivity contribution in [1.82, 2.24) is 0 Å². The quantitative estimate of drug-likeness (QED) is 0.688. The van der Waals surface area contributed by atoms with Crippen LogP contribution in [0, 0.1) is 0 Å². The van der Waals surface area contributed by atoms with Gasteiger partial charge in [-0.2, -0.15) is 0 Å². The summed E-state index contributed by atoms with van der Waals surface area (Å²) in [5.41, 5.74) is 1.19. The number of aliphatic hydroxyl groups is 2. The molecule has 0 aliphatic heterocycles. The highest BCUT2D eigenvalue weighted by Gasteiger charge is 2.18. The van der Waals surface area contributed by atoms with Crippen molar-refractivity contribution < 1.29 is 24.9 Å². The largest absolute Gasteiger partial charge is 0.478 e. The Morgan fingerprint density at radius 3 is 2.35 bits per heavy atom. The molecule has 3 N–H and O–H groups in total. The second-order valence-electron chi connectivity index (χ2n) is 4.15. The van der Waals surface area contributed by atoms with Crippen LogP contribution >= 0.6 is 11.8 Å². The average molecular weight is 296 g/mol. The zero-order valence-corrected chi connectivity index (χ0v) is 11.7.